The van der Waals surface area contributed by atoms with Gasteiger partial charge in [-0.2, -0.15) is 0 Å². The summed E-state index contributed by atoms with van der Waals surface area (Å²) >= 11 is 0. The summed E-state index contributed by atoms with van der Waals surface area (Å²) in [6.07, 6.45) is 13.5. The van der Waals surface area contributed by atoms with Crippen molar-refractivity contribution in [2.75, 3.05) is 45.2 Å². The molecule has 0 unspecified atom stereocenters. The highest BCUT2D eigenvalue weighted by atomic mass is 19.1. The highest BCUT2D eigenvalue weighted by Gasteiger charge is 2.56. The summed E-state index contributed by atoms with van der Waals surface area (Å²) in [4.78, 5) is 31.4. The van der Waals surface area contributed by atoms with E-state index in [1.165, 1.54) is 18.9 Å². The number of amides is 2. The predicted octanol–water partition coefficient (Wildman–Crippen LogP) is 4.50. The Morgan fingerprint density at radius 3 is 2.35 bits per heavy atom. The lowest BCUT2D eigenvalue weighted by Crippen LogP contribution is -2.55. The third-order valence-electron chi connectivity index (χ3n) is 9.69. The smallest absolute Gasteiger partial charge is 0.320 e. The fraction of sp³-hybridized carbons (Fsp3) is 0.621. The minimum atomic E-state index is -0.196. The highest BCUT2D eigenvalue weighted by molar-refractivity contribution is 5.79. The molecular formula is C29H39FN6O. The van der Waals surface area contributed by atoms with Gasteiger partial charge in [0, 0.05) is 37.8 Å². The Morgan fingerprint density at radius 1 is 1.03 bits per heavy atom. The monoisotopic (exact) mass is 506 g/mol. The second-order valence-corrected chi connectivity index (χ2v) is 11.9. The third kappa shape index (κ3) is 4.47. The van der Waals surface area contributed by atoms with Gasteiger partial charge in [0.05, 0.1) is 23.6 Å². The first-order valence-electron chi connectivity index (χ1n) is 13.9. The Hall–Kier alpha value is -2.74. The van der Waals surface area contributed by atoms with Crippen LogP contribution in [-0.4, -0.2) is 82.6 Å². The van der Waals surface area contributed by atoms with Gasteiger partial charge in [-0.05, 0) is 89.1 Å². The summed E-state index contributed by atoms with van der Waals surface area (Å²) in [6.45, 7) is 3.55. The topological polar surface area (TPSA) is 55.8 Å². The first-order chi connectivity index (χ1) is 17.9. The van der Waals surface area contributed by atoms with E-state index < -0.39 is 0 Å². The number of carbonyl (C=O) groups excluding carboxylic acids is 1. The van der Waals surface area contributed by atoms with Gasteiger partial charge in [0.1, 0.15) is 12.1 Å². The number of benzene rings is 1. The zero-order valence-electron chi connectivity index (χ0n) is 22.2. The summed E-state index contributed by atoms with van der Waals surface area (Å²) in [5, 5.41) is 0. The van der Waals surface area contributed by atoms with Gasteiger partial charge in [-0.15, -0.1) is 0 Å². The van der Waals surface area contributed by atoms with Crippen LogP contribution in [-0.2, 0) is 5.54 Å². The summed E-state index contributed by atoms with van der Waals surface area (Å²) in [5.41, 5.74) is 1.81. The van der Waals surface area contributed by atoms with Crippen LogP contribution in [0.15, 0.2) is 43.0 Å². The van der Waals surface area contributed by atoms with Gasteiger partial charge in [0.25, 0.3) is 0 Å². The second-order valence-electron chi connectivity index (χ2n) is 11.9. The molecule has 1 aromatic carbocycles. The molecular weight excluding hydrogens is 467 g/mol. The van der Waals surface area contributed by atoms with Crippen LogP contribution < -0.4 is 4.90 Å². The number of rotatable bonds is 6. The molecule has 37 heavy (non-hydrogen) atoms. The molecule has 2 saturated heterocycles. The van der Waals surface area contributed by atoms with E-state index in [1.54, 1.807) is 12.4 Å². The fourth-order valence-electron chi connectivity index (χ4n) is 7.16. The normalized spacial score (nSPS) is 29.1. The number of anilines is 1. The van der Waals surface area contributed by atoms with Crippen LogP contribution in [0.1, 0.15) is 56.9 Å². The molecule has 198 valence electrons. The van der Waals surface area contributed by atoms with Crippen molar-refractivity contribution in [1.29, 1.82) is 0 Å². The Labute approximate surface area is 219 Å². The van der Waals surface area contributed by atoms with Crippen molar-refractivity contribution < 1.29 is 9.18 Å². The molecule has 4 aliphatic rings. The lowest BCUT2D eigenvalue weighted by atomic mass is 9.68. The summed E-state index contributed by atoms with van der Waals surface area (Å²) in [6, 6.07) is 7.65. The van der Waals surface area contributed by atoms with Crippen molar-refractivity contribution in [3.63, 3.8) is 0 Å². The first-order valence-corrected chi connectivity index (χ1v) is 13.9. The lowest BCUT2D eigenvalue weighted by molar-refractivity contribution is 0.0224. The molecule has 3 heterocycles. The van der Waals surface area contributed by atoms with Gasteiger partial charge in [0.15, 0.2) is 0 Å². The maximum atomic E-state index is 14.2. The lowest BCUT2D eigenvalue weighted by Gasteiger charge is -2.51. The third-order valence-corrected chi connectivity index (χ3v) is 9.69. The van der Waals surface area contributed by atoms with Crippen molar-refractivity contribution in [3.05, 3.63) is 54.4 Å². The fourth-order valence-corrected chi connectivity index (χ4v) is 7.16. The van der Waals surface area contributed by atoms with Crippen molar-refractivity contribution in [1.82, 2.24) is 24.7 Å². The molecule has 0 N–H and O–H groups in total. The number of nitrogens with zero attached hydrogens (tertiary/aromatic N) is 6. The molecule has 6 rings (SSSR count). The van der Waals surface area contributed by atoms with Gasteiger partial charge in [-0.25, -0.2) is 19.2 Å². The zero-order valence-corrected chi connectivity index (χ0v) is 22.2. The van der Waals surface area contributed by atoms with Gasteiger partial charge in [0.2, 0.25) is 0 Å². The van der Waals surface area contributed by atoms with Gasteiger partial charge < -0.3 is 14.7 Å². The molecule has 2 saturated carbocycles. The second kappa shape index (κ2) is 9.53. The molecule has 2 aliphatic carbocycles. The van der Waals surface area contributed by atoms with Crippen LogP contribution in [0.4, 0.5) is 14.9 Å². The van der Waals surface area contributed by atoms with Crippen LogP contribution in [0.2, 0.25) is 0 Å². The van der Waals surface area contributed by atoms with E-state index in [0.717, 1.165) is 76.0 Å². The van der Waals surface area contributed by atoms with Gasteiger partial charge in [-0.1, -0.05) is 12.1 Å². The molecule has 0 bridgehead atoms. The highest BCUT2D eigenvalue weighted by Crippen LogP contribution is 2.50. The number of urea groups is 1. The number of aromatic nitrogens is 2. The molecule has 0 atom stereocenters. The minimum absolute atomic E-state index is 0.114. The van der Waals surface area contributed by atoms with Crippen LogP contribution in [0, 0.1) is 11.7 Å². The Bertz CT molecular complexity index is 1110. The van der Waals surface area contributed by atoms with Crippen LogP contribution >= 0.6 is 0 Å². The number of hydrogen-bond acceptors (Lipinski definition) is 5. The van der Waals surface area contributed by atoms with E-state index >= 15 is 0 Å². The Kier molecular flexibility index (Phi) is 6.33. The number of halogens is 1. The summed E-state index contributed by atoms with van der Waals surface area (Å²) in [7, 11) is 4.23. The Balaban J connectivity index is 1.20. The molecule has 2 aromatic rings. The standard InChI is InChI=1S/C29H39FN6O/c1-33(2)29(23-4-3-5-24(30)16-23)12-10-28(11-13-29)20-35(27(37)36(28)19-22-6-7-22)25-8-14-34(15-9-25)26-17-31-21-32-18-26/h3-5,16-18,21-22,25H,6-15,19-20H2,1-2H3. The number of carbonyl (C=O) groups is 1. The maximum absolute atomic E-state index is 14.2. The average Bonchev–Trinajstić information content (AvgIpc) is 3.71. The number of hydrogen-bond donors (Lipinski definition) is 0. The van der Waals surface area contributed by atoms with Crippen LogP contribution in [0.5, 0.6) is 0 Å². The molecule has 2 amide bonds. The van der Waals surface area contributed by atoms with Crippen LogP contribution in [0.3, 0.4) is 0 Å². The molecule has 7 nitrogen and oxygen atoms in total. The van der Waals surface area contributed by atoms with E-state index in [4.69, 9.17) is 0 Å². The zero-order chi connectivity index (χ0) is 25.6. The molecule has 2 aliphatic heterocycles. The molecule has 0 radical (unpaired) electrons. The number of piperidine rings is 1. The SMILES string of the molecule is CN(C)C1(c2cccc(F)c2)CCC2(CC1)CN(C1CCN(c3cncnc3)CC1)C(=O)N2CC1CC1. The predicted molar refractivity (Wildman–Crippen MR) is 142 cm³/mol. The Morgan fingerprint density at radius 2 is 1.73 bits per heavy atom. The summed E-state index contributed by atoms with van der Waals surface area (Å²) in [5.74, 6) is 0.481. The van der Waals surface area contributed by atoms with E-state index in [0.29, 0.717) is 5.92 Å². The van der Waals surface area contributed by atoms with Crippen molar-refractivity contribution in [3.8, 4) is 0 Å². The molecule has 1 aromatic heterocycles. The van der Waals surface area contributed by atoms with Crippen molar-refractivity contribution in [2.24, 2.45) is 5.92 Å². The quantitative estimate of drug-likeness (QED) is 0.577. The molecule has 4 fully saturated rings. The van der Waals surface area contributed by atoms with Gasteiger partial charge >= 0.3 is 6.03 Å². The van der Waals surface area contributed by atoms with E-state index in [2.05, 4.69) is 49.7 Å². The maximum Gasteiger partial charge on any atom is 0.320 e. The van der Waals surface area contributed by atoms with Crippen molar-refractivity contribution >= 4 is 11.7 Å². The van der Waals surface area contributed by atoms with Crippen molar-refractivity contribution in [2.45, 2.75) is 68.5 Å². The minimum Gasteiger partial charge on any atom is -0.369 e. The van der Waals surface area contributed by atoms with E-state index in [9.17, 15) is 9.18 Å². The molecule has 1 spiro atoms. The summed E-state index contributed by atoms with van der Waals surface area (Å²) < 4.78 is 14.2. The van der Waals surface area contributed by atoms with Crippen LogP contribution in [0.25, 0.3) is 0 Å². The molecule has 8 heteroatoms. The largest absolute Gasteiger partial charge is 0.369 e. The van der Waals surface area contributed by atoms with E-state index in [-0.39, 0.29) is 29.0 Å². The van der Waals surface area contributed by atoms with Gasteiger partial charge in [-0.3, -0.25) is 4.90 Å². The first kappa shape index (κ1) is 24.6. The average molecular weight is 507 g/mol. The van der Waals surface area contributed by atoms with E-state index in [1.807, 2.05) is 18.5 Å².